The Kier molecular flexibility index (Phi) is 51.2. The zero-order valence-electron chi connectivity index (χ0n) is 43.5. The Bertz CT molecular complexity index is 1650. The molecule has 0 fully saturated rings. The van der Waals surface area contributed by atoms with Gasteiger partial charge in [-0.3, -0.25) is 14.4 Å². The highest BCUT2D eigenvalue weighted by Crippen LogP contribution is 2.13. The minimum Gasteiger partial charge on any atom is -0.462 e. The quantitative estimate of drug-likeness (QED) is 0.0199. The normalized spacial score (nSPS) is 13.5. The number of allylic oxidation sites excluding steroid dienone is 28. The lowest BCUT2D eigenvalue weighted by molar-refractivity contribution is -0.167. The molecule has 1 unspecified atom stereocenters. The summed E-state index contributed by atoms with van der Waals surface area (Å²) in [4.78, 5) is 38.1. The molecule has 1 atom stereocenters. The van der Waals surface area contributed by atoms with Crippen LogP contribution < -0.4 is 0 Å². The minimum absolute atomic E-state index is 0.123. The molecule has 0 aromatic rings. The van der Waals surface area contributed by atoms with Gasteiger partial charge in [0, 0.05) is 19.3 Å². The highest BCUT2D eigenvalue weighted by atomic mass is 16.6. The molecule has 0 aliphatic rings. The fourth-order valence-electron chi connectivity index (χ4n) is 6.57. The molecule has 6 nitrogen and oxygen atoms in total. The lowest BCUT2D eigenvalue weighted by atomic mass is 10.1. The number of unbranched alkanes of at least 4 members (excludes halogenated alkanes) is 17. The molecule has 69 heavy (non-hydrogen) atoms. The van der Waals surface area contributed by atoms with Gasteiger partial charge in [-0.05, 0) is 83.5 Å². The monoisotopic (exact) mass is 947 g/mol. The van der Waals surface area contributed by atoms with Crippen LogP contribution in [-0.2, 0) is 28.6 Å². The summed E-state index contributed by atoms with van der Waals surface area (Å²) < 4.78 is 16.7. The van der Waals surface area contributed by atoms with Gasteiger partial charge in [0.05, 0.1) is 0 Å². The van der Waals surface area contributed by atoms with Crippen LogP contribution in [0.5, 0.6) is 0 Å². The molecule has 0 aliphatic heterocycles. The van der Waals surface area contributed by atoms with Crippen molar-refractivity contribution in [3.05, 3.63) is 170 Å². The molecule has 0 aromatic carbocycles. The van der Waals surface area contributed by atoms with E-state index >= 15 is 0 Å². The van der Waals surface area contributed by atoms with Crippen LogP contribution in [0, 0.1) is 0 Å². The Hall–Kier alpha value is -5.23. The summed E-state index contributed by atoms with van der Waals surface area (Å²) in [5, 5.41) is 0. The molecule has 0 aromatic heterocycles. The van der Waals surface area contributed by atoms with Gasteiger partial charge >= 0.3 is 17.9 Å². The van der Waals surface area contributed by atoms with E-state index in [-0.39, 0.29) is 44.0 Å². The fourth-order valence-corrected chi connectivity index (χ4v) is 6.57. The van der Waals surface area contributed by atoms with E-state index in [9.17, 15) is 14.4 Å². The van der Waals surface area contributed by atoms with Crippen LogP contribution in [0.4, 0.5) is 0 Å². The molecule has 0 bridgehead atoms. The second-order valence-electron chi connectivity index (χ2n) is 17.0. The Morgan fingerprint density at radius 3 is 0.942 bits per heavy atom. The molecule has 0 spiro atoms. The first kappa shape index (κ1) is 63.8. The van der Waals surface area contributed by atoms with Crippen molar-refractivity contribution >= 4 is 17.9 Å². The Morgan fingerprint density at radius 1 is 0.304 bits per heavy atom. The number of hydrogen-bond acceptors (Lipinski definition) is 6. The number of carbonyl (C=O) groups excluding carboxylic acids is 3. The zero-order chi connectivity index (χ0) is 50.0. The maximum atomic E-state index is 12.8. The van der Waals surface area contributed by atoms with Crippen LogP contribution in [-0.4, -0.2) is 37.2 Å². The maximum Gasteiger partial charge on any atom is 0.306 e. The Labute approximate surface area is 422 Å². The van der Waals surface area contributed by atoms with E-state index in [1.807, 2.05) is 134 Å². The molecule has 382 valence electrons. The standard InChI is InChI=1S/C63H94O6/c1-4-7-10-13-16-19-22-25-28-30-31-33-35-38-41-44-47-50-53-56-62(65)68-59-60(58-67-61(64)55-52-49-46-43-40-37-34-27-24-21-18-15-12-9-6-3)69-63(66)57-54-51-48-45-42-39-36-32-29-26-23-20-17-14-11-8-5-2/h7-8,10-11,13-14,16-17,19-26,28-33,35-36,38-39,41-42,60H,4-6,9,12,15,18,27,34,37,40,43-59H2,1-3H3/b10-7-,11-8-,16-13-,17-14-,22-19-,23-20-,24-21-,28-25-,29-26-,31-30+,35-33-,36-32+,41-38-,42-39-. The number of rotatable bonds is 45. The third kappa shape index (κ3) is 53.6. The van der Waals surface area contributed by atoms with Crippen molar-refractivity contribution in [1.29, 1.82) is 0 Å². The second kappa shape index (κ2) is 55.4. The van der Waals surface area contributed by atoms with Crippen LogP contribution in [0.25, 0.3) is 0 Å². The van der Waals surface area contributed by atoms with Crippen LogP contribution in [0.1, 0.15) is 188 Å². The summed E-state index contributed by atoms with van der Waals surface area (Å²) in [5.41, 5.74) is 0. The van der Waals surface area contributed by atoms with Gasteiger partial charge in [-0.25, -0.2) is 0 Å². The van der Waals surface area contributed by atoms with Crippen molar-refractivity contribution in [3.8, 4) is 0 Å². The highest BCUT2D eigenvalue weighted by Gasteiger charge is 2.19. The molecule has 0 aliphatic carbocycles. The van der Waals surface area contributed by atoms with Crippen molar-refractivity contribution in [3.63, 3.8) is 0 Å². The lowest BCUT2D eigenvalue weighted by Crippen LogP contribution is -2.30. The van der Waals surface area contributed by atoms with Gasteiger partial charge in [-0.15, -0.1) is 0 Å². The number of hydrogen-bond donors (Lipinski definition) is 0. The van der Waals surface area contributed by atoms with Crippen molar-refractivity contribution in [2.75, 3.05) is 13.2 Å². The summed E-state index contributed by atoms with van der Waals surface area (Å²) in [7, 11) is 0. The lowest BCUT2D eigenvalue weighted by Gasteiger charge is -2.18. The Morgan fingerprint density at radius 2 is 0.580 bits per heavy atom. The summed E-state index contributed by atoms with van der Waals surface area (Å²) in [6, 6.07) is 0. The van der Waals surface area contributed by atoms with Crippen molar-refractivity contribution in [2.45, 2.75) is 194 Å². The van der Waals surface area contributed by atoms with Crippen LogP contribution in [0.2, 0.25) is 0 Å². The molecule has 0 N–H and O–H groups in total. The van der Waals surface area contributed by atoms with Crippen molar-refractivity contribution < 1.29 is 28.6 Å². The van der Waals surface area contributed by atoms with Crippen molar-refractivity contribution in [2.24, 2.45) is 0 Å². The van der Waals surface area contributed by atoms with Gasteiger partial charge in [-0.2, -0.15) is 0 Å². The average Bonchev–Trinajstić information content (AvgIpc) is 3.35. The van der Waals surface area contributed by atoms with E-state index in [0.717, 1.165) is 70.6 Å². The molecule has 0 amide bonds. The summed E-state index contributed by atoms with van der Waals surface area (Å²) in [6.07, 6.45) is 81.8. The predicted molar refractivity (Wildman–Crippen MR) is 297 cm³/mol. The molecular formula is C63H94O6. The zero-order valence-corrected chi connectivity index (χ0v) is 43.5. The van der Waals surface area contributed by atoms with E-state index in [0.29, 0.717) is 19.3 Å². The summed E-state index contributed by atoms with van der Waals surface area (Å²) in [6.45, 7) is 6.23. The first-order chi connectivity index (χ1) is 34.0. The average molecular weight is 947 g/mol. The first-order valence-electron chi connectivity index (χ1n) is 26.8. The molecule has 0 saturated heterocycles. The van der Waals surface area contributed by atoms with Gasteiger partial charge in [-0.1, -0.05) is 255 Å². The third-order valence-corrected chi connectivity index (χ3v) is 10.5. The number of ether oxygens (including phenoxy) is 3. The minimum atomic E-state index is -0.832. The molecule has 0 rings (SSSR count). The molecule has 6 heteroatoms. The predicted octanol–water partition coefficient (Wildman–Crippen LogP) is 18.0. The van der Waals surface area contributed by atoms with Gasteiger partial charge in [0.25, 0.3) is 0 Å². The smallest absolute Gasteiger partial charge is 0.306 e. The first-order valence-corrected chi connectivity index (χ1v) is 26.8. The van der Waals surface area contributed by atoms with E-state index < -0.39 is 6.10 Å². The largest absolute Gasteiger partial charge is 0.462 e. The molecule has 0 heterocycles. The van der Waals surface area contributed by atoms with Gasteiger partial charge in [0.15, 0.2) is 6.10 Å². The van der Waals surface area contributed by atoms with E-state index in [1.54, 1.807) is 0 Å². The highest BCUT2D eigenvalue weighted by molar-refractivity contribution is 5.71. The molecule has 0 radical (unpaired) electrons. The van der Waals surface area contributed by atoms with E-state index in [4.69, 9.17) is 14.2 Å². The van der Waals surface area contributed by atoms with Crippen LogP contribution in [0.15, 0.2) is 170 Å². The van der Waals surface area contributed by atoms with Gasteiger partial charge in [0.2, 0.25) is 0 Å². The Balaban J connectivity index is 4.64. The number of carbonyl (C=O) groups is 3. The summed E-state index contributed by atoms with van der Waals surface area (Å²) in [5.74, 6) is -1.03. The molecule has 0 saturated carbocycles. The topological polar surface area (TPSA) is 78.9 Å². The van der Waals surface area contributed by atoms with Crippen molar-refractivity contribution in [1.82, 2.24) is 0 Å². The van der Waals surface area contributed by atoms with E-state index in [2.05, 4.69) is 57.2 Å². The van der Waals surface area contributed by atoms with Crippen LogP contribution in [0.3, 0.4) is 0 Å². The number of esters is 3. The summed E-state index contributed by atoms with van der Waals surface area (Å²) >= 11 is 0. The SMILES string of the molecule is CC\C=C/C=C\C=C/C=C\C=C\C=C/C=C\CCCCCC(=O)OCC(COC(=O)CCCCCCCCC/C=C\CCCCCC)OC(=O)CCCCC\C=C/C=C/C=C\C=C/C=C\C=C/CC. The maximum absolute atomic E-state index is 12.8. The van der Waals surface area contributed by atoms with Crippen LogP contribution >= 0.6 is 0 Å². The fraction of sp³-hybridized carbons (Fsp3) is 0.508. The van der Waals surface area contributed by atoms with Gasteiger partial charge in [0.1, 0.15) is 13.2 Å². The van der Waals surface area contributed by atoms with Gasteiger partial charge < -0.3 is 14.2 Å². The third-order valence-electron chi connectivity index (χ3n) is 10.5. The van der Waals surface area contributed by atoms with E-state index in [1.165, 1.54) is 64.2 Å². The molecular weight excluding hydrogens is 853 g/mol. The second-order valence-corrected chi connectivity index (χ2v) is 17.0.